The van der Waals surface area contributed by atoms with Gasteiger partial charge in [-0.15, -0.1) is 0 Å². The van der Waals surface area contributed by atoms with Crippen LogP contribution in [0.1, 0.15) is 27.9 Å². The zero-order valence-electron chi connectivity index (χ0n) is 13.2. The molecule has 1 unspecified atom stereocenters. The lowest BCUT2D eigenvalue weighted by Gasteiger charge is -2.18. The first-order valence-corrected chi connectivity index (χ1v) is 8.14. The van der Waals surface area contributed by atoms with Crippen molar-refractivity contribution in [2.45, 2.75) is 25.4 Å². The Morgan fingerprint density at radius 3 is 2.92 bits per heavy atom. The number of hydrogen-bond donors (Lipinski definition) is 2. The lowest BCUT2D eigenvalue weighted by Crippen LogP contribution is -2.34. The van der Waals surface area contributed by atoms with E-state index in [1.165, 1.54) is 5.56 Å². The van der Waals surface area contributed by atoms with E-state index in [4.69, 9.17) is 4.74 Å². The third-order valence-corrected chi connectivity index (χ3v) is 4.47. The molecule has 2 aromatic rings. The van der Waals surface area contributed by atoms with Gasteiger partial charge in [0.05, 0.1) is 6.54 Å². The number of nitrogens with one attached hydrogen (secondary N) is 2. The first-order chi connectivity index (χ1) is 11.7. The number of ether oxygens (including phenoxy) is 1. The molecular formula is C19H18N2O3. The maximum Gasteiger partial charge on any atom is 0.251 e. The molecule has 1 atom stereocenters. The van der Waals surface area contributed by atoms with Gasteiger partial charge in [0.15, 0.2) is 0 Å². The SMILES string of the molecule is O=C1CCc2cc(C(=O)NCC3Cc4ccccc4O3)ccc2N1. The van der Waals surface area contributed by atoms with Gasteiger partial charge >= 0.3 is 0 Å². The normalized spacial score (nSPS) is 18.2. The van der Waals surface area contributed by atoms with E-state index in [9.17, 15) is 9.59 Å². The van der Waals surface area contributed by atoms with Crippen LogP contribution in [-0.4, -0.2) is 24.5 Å². The second kappa shape index (κ2) is 6.00. The molecular weight excluding hydrogens is 304 g/mol. The zero-order chi connectivity index (χ0) is 16.5. The molecule has 5 nitrogen and oxygen atoms in total. The molecule has 2 aliphatic heterocycles. The van der Waals surface area contributed by atoms with Crippen molar-refractivity contribution in [1.29, 1.82) is 0 Å². The number of rotatable bonds is 3. The van der Waals surface area contributed by atoms with Crippen LogP contribution in [0, 0.1) is 0 Å². The Morgan fingerprint density at radius 2 is 2.04 bits per heavy atom. The Bertz CT molecular complexity index is 791. The summed E-state index contributed by atoms with van der Waals surface area (Å²) in [6, 6.07) is 13.3. The van der Waals surface area contributed by atoms with E-state index in [1.807, 2.05) is 24.3 Å². The molecule has 2 heterocycles. The monoisotopic (exact) mass is 322 g/mol. The molecule has 2 aliphatic rings. The summed E-state index contributed by atoms with van der Waals surface area (Å²) in [5.41, 5.74) is 3.60. The molecule has 2 aromatic carbocycles. The predicted octanol–water partition coefficient (Wildman–Crippen LogP) is 2.30. The standard InChI is InChI=1S/C19H18N2O3/c22-18-8-6-12-9-14(5-7-16(12)21-18)19(23)20-11-15-10-13-3-1-2-4-17(13)24-15/h1-5,7,9,15H,6,8,10-11H2,(H,20,23)(H,21,22). The van der Waals surface area contributed by atoms with E-state index < -0.39 is 0 Å². The number of aryl methyl sites for hydroxylation is 1. The Labute approximate surface area is 140 Å². The molecule has 0 fully saturated rings. The minimum absolute atomic E-state index is 0.0248. The molecule has 4 rings (SSSR count). The molecule has 24 heavy (non-hydrogen) atoms. The van der Waals surface area contributed by atoms with Crippen LogP contribution < -0.4 is 15.4 Å². The van der Waals surface area contributed by atoms with E-state index in [2.05, 4.69) is 16.7 Å². The van der Waals surface area contributed by atoms with Crippen molar-refractivity contribution in [1.82, 2.24) is 5.32 Å². The van der Waals surface area contributed by atoms with Crippen LogP contribution in [0.5, 0.6) is 5.75 Å². The van der Waals surface area contributed by atoms with Crippen molar-refractivity contribution in [2.75, 3.05) is 11.9 Å². The molecule has 0 spiro atoms. The van der Waals surface area contributed by atoms with Crippen molar-refractivity contribution >= 4 is 17.5 Å². The summed E-state index contributed by atoms with van der Waals surface area (Å²) >= 11 is 0. The molecule has 122 valence electrons. The van der Waals surface area contributed by atoms with Crippen molar-refractivity contribution in [2.24, 2.45) is 0 Å². The van der Waals surface area contributed by atoms with Crippen LogP contribution in [0.25, 0.3) is 0 Å². The number of fused-ring (bicyclic) bond motifs is 2. The van der Waals surface area contributed by atoms with Gasteiger partial charge in [-0.25, -0.2) is 0 Å². The van der Waals surface area contributed by atoms with Gasteiger partial charge in [-0.05, 0) is 41.8 Å². The topological polar surface area (TPSA) is 67.4 Å². The third-order valence-electron chi connectivity index (χ3n) is 4.47. The maximum absolute atomic E-state index is 12.4. The summed E-state index contributed by atoms with van der Waals surface area (Å²) in [5, 5.41) is 5.76. The lowest BCUT2D eigenvalue weighted by atomic mass is 10.00. The first kappa shape index (κ1) is 14.8. The Balaban J connectivity index is 1.38. The summed E-state index contributed by atoms with van der Waals surface area (Å²) in [6.45, 7) is 0.474. The Kier molecular flexibility index (Phi) is 3.69. The molecule has 0 bridgehead atoms. The van der Waals surface area contributed by atoms with Gasteiger partial charge in [0.25, 0.3) is 5.91 Å². The van der Waals surface area contributed by atoms with Gasteiger partial charge in [0, 0.05) is 24.1 Å². The van der Waals surface area contributed by atoms with Crippen LogP contribution in [0.15, 0.2) is 42.5 Å². The number of carbonyl (C=O) groups is 2. The molecule has 0 aliphatic carbocycles. The number of benzene rings is 2. The minimum atomic E-state index is -0.116. The fourth-order valence-corrected chi connectivity index (χ4v) is 3.20. The highest BCUT2D eigenvalue weighted by Crippen LogP contribution is 2.28. The maximum atomic E-state index is 12.4. The number of anilines is 1. The van der Waals surface area contributed by atoms with Crippen LogP contribution in [0.4, 0.5) is 5.69 Å². The van der Waals surface area contributed by atoms with E-state index in [1.54, 1.807) is 12.1 Å². The Hall–Kier alpha value is -2.82. The average molecular weight is 322 g/mol. The fraction of sp³-hybridized carbons (Fsp3) is 0.263. The van der Waals surface area contributed by atoms with Crippen LogP contribution in [0.3, 0.4) is 0 Å². The summed E-state index contributed by atoms with van der Waals surface area (Å²) in [7, 11) is 0. The second-order valence-electron chi connectivity index (χ2n) is 6.18. The van der Waals surface area contributed by atoms with Gasteiger partial charge in [-0.2, -0.15) is 0 Å². The van der Waals surface area contributed by atoms with Crippen LogP contribution in [-0.2, 0) is 17.6 Å². The highest BCUT2D eigenvalue weighted by atomic mass is 16.5. The van der Waals surface area contributed by atoms with E-state index in [0.717, 1.165) is 23.4 Å². The predicted molar refractivity (Wildman–Crippen MR) is 90.3 cm³/mol. The Morgan fingerprint density at radius 1 is 1.17 bits per heavy atom. The molecule has 0 radical (unpaired) electrons. The van der Waals surface area contributed by atoms with E-state index in [-0.39, 0.29) is 17.9 Å². The zero-order valence-corrected chi connectivity index (χ0v) is 13.2. The van der Waals surface area contributed by atoms with Crippen LogP contribution in [0.2, 0.25) is 0 Å². The van der Waals surface area contributed by atoms with Crippen molar-refractivity contribution in [3.63, 3.8) is 0 Å². The van der Waals surface area contributed by atoms with E-state index >= 15 is 0 Å². The summed E-state index contributed by atoms with van der Waals surface area (Å²) in [4.78, 5) is 23.8. The molecule has 2 amide bonds. The fourth-order valence-electron chi connectivity index (χ4n) is 3.20. The number of para-hydroxylation sites is 1. The quantitative estimate of drug-likeness (QED) is 0.911. The smallest absolute Gasteiger partial charge is 0.251 e. The van der Waals surface area contributed by atoms with Crippen molar-refractivity contribution < 1.29 is 14.3 Å². The van der Waals surface area contributed by atoms with Crippen molar-refractivity contribution in [3.8, 4) is 5.75 Å². The molecule has 0 saturated carbocycles. The largest absolute Gasteiger partial charge is 0.488 e. The highest BCUT2D eigenvalue weighted by molar-refractivity contribution is 5.97. The molecule has 5 heteroatoms. The average Bonchev–Trinajstić information content (AvgIpc) is 3.02. The molecule has 0 aromatic heterocycles. The number of carbonyl (C=O) groups excluding carboxylic acids is 2. The van der Waals surface area contributed by atoms with Gasteiger partial charge in [0.2, 0.25) is 5.91 Å². The summed E-state index contributed by atoms with van der Waals surface area (Å²) in [5.74, 6) is 0.813. The third kappa shape index (κ3) is 2.85. The van der Waals surface area contributed by atoms with Gasteiger partial charge < -0.3 is 15.4 Å². The van der Waals surface area contributed by atoms with Crippen LogP contribution >= 0.6 is 0 Å². The van der Waals surface area contributed by atoms with Gasteiger partial charge in [-0.1, -0.05) is 18.2 Å². The second-order valence-corrected chi connectivity index (χ2v) is 6.18. The van der Waals surface area contributed by atoms with Gasteiger partial charge in [0.1, 0.15) is 11.9 Å². The summed E-state index contributed by atoms with van der Waals surface area (Å²) < 4.78 is 5.83. The van der Waals surface area contributed by atoms with E-state index in [0.29, 0.717) is 24.9 Å². The van der Waals surface area contributed by atoms with Gasteiger partial charge in [-0.3, -0.25) is 9.59 Å². The molecule has 2 N–H and O–H groups in total. The summed E-state index contributed by atoms with van der Waals surface area (Å²) in [6.07, 6.45) is 1.92. The highest BCUT2D eigenvalue weighted by Gasteiger charge is 2.23. The van der Waals surface area contributed by atoms with Crippen molar-refractivity contribution in [3.05, 3.63) is 59.2 Å². The number of hydrogen-bond acceptors (Lipinski definition) is 3. The lowest BCUT2D eigenvalue weighted by molar-refractivity contribution is -0.116. The number of amides is 2. The first-order valence-electron chi connectivity index (χ1n) is 8.14. The minimum Gasteiger partial charge on any atom is -0.488 e. The molecule has 0 saturated heterocycles.